The summed E-state index contributed by atoms with van der Waals surface area (Å²) in [6.45, 7) is 1.63. The second-order valence-corrected chi connectivity index (χ2v) is 3.81. The zero-order valence-corrected chi connectivity index (χ0v) is 9.45. The molecule has 0 amide bonds. The van der Waals surface area contributed by atoms with Gasteiger partial charge in [0.15, 0.2) is 0 Å². The average Bonchev–Trinajstić information content (AvgIpc) is 2.29. The Hall–Kier alpha value is -2.30. The van der Waals surface area contributed by atoms with Gasteiger partial charge in [-0.05, 0) is 36.8 Å². The van der Waals surface area contributed by atoms with Crippen LogP contribution in [0.4, 0.5) is 8.78 Å². The maximum absolute atomic E-state index is 13.0. The van der Waals surface area contributed by atoms with E-state index in [1.54, 1.807) is 6.92 Å². The average molecular weight is 249 g/mol. The molecule has 0 saturated heterocycles. The summed E-state index contributed by atoms with van der Waals surface area (Å²) < 4.78 is 26.0. The van der Waals surface area contributed by atoms with Gasteiger partial charge in [-0.2, -0.15) is 0 Å². The van der Waals surface area contributed by atoms with Crippen LogP contribution >= 0.6 is 0 Å². The quantitative estimate of drug-likeness (QED) is 0.889. The van der Waals surface area contributed by atoms with Gasteiger partial charge in [0.05, 0.1) is 17.5 Å². The van der Waals surface area contributed by atoms with Gasteiger partial charge in [0.2, 0.25) is 0 Å². The van der Waals surface area contributed by atoms with Crippen molar-refractivity contribution in [3.05, 3.63) is 53.2 Å². The zero-order valence-electron chi connectivity index (χ0n) is 9.45. The highest BCUT2D eigenvalue weighted by Crippen LogP contribution is 2.25. The summed E-state index contributed by atoms with van der Waals surface area (Å²) >= 11 is 0. The topological polar surface area (TPSA) is 50.2 Å². The Balaban J connectivity index is 2.67. The first-order valence-corrected chi connectivity index (χ1v) is 5.14. The van der Waals surface area contributed by atoms with Gasteiger partial charge in [0.1, 0.15) is 11.6 Å². The minimum absolute atomic E-state index is 0.126. The predicted octanol–water partition coefficient (Wildman–Crippen LogP) is 3.03. The summed E-state index contributed by atoms with van der Waals surface area (Å²) in [5.74, 6) is -2.42. The lowest BCUT2D eigenvalue weighted by Gasteiger charge is -2.08. The van der Waals surface area contributed by atoms with E-state index in [-0.39, 0.29) is 11.3 Å². The maximum atomic E-state index is 13.0. The van der Waals surface area contributed by atoms with Crippen molar-refractivity contribution >= 4 is 5.97 Å². The molecule has 0 bridgehead atoms. The highest BCUT2D eigenvalue weighted by Gasteiger charge is 2.16. The number of pyridine rings is 1. The molecule has 0 radical (unpaired) electrons. The number of benzene rings is 1. The van der Waals surface area contributed by atoms with E-state index in [4.69, 9.17) is 5.11 Å². The molecule has 3 nitrogen and oxygen atoms in total. The molecule has 0 unspecified atom stereocenters. The van der Waals surface area contributed by atoms with Gasteiger partial charge in [0.25, 0.3) is 0 Å². The number of hydrogen-bond donors (Lipinski definition) is 1. The number of halogens is 2. The first-order chi connectivity index (χ1) is 8.49. The molecule has 5 heteroatoms. The lowest BCUT2D eigenvalue weighted by atomic mass is 10.0. The molecule has 1 aromatic heterocycles. The maximum Gasteiger partial charge on any atom is 0.338 e. The van der Waals surface area contributed by atoms with Crippen molar-refractivity contribution in [1.29, 1.82) is 0 Å². The van der Waals surface area contributed by atoms with E-state index in [2.05, 4.69) is 4.98 Å². The van der Waals surface area contributed by atoms with Crippen molar-refractivity contribution in [2.75, 3.05) is 0 Å². The van der Waals surface area contributed by atoms with Gasteiger partial charge in [-0.3, -0.25) is 4.98 Å². The van der Waals surface area contributed by atoms with Crippen LogP contribution in [0.3, 0.4) is 0 Å². The number of rotatable bonds is 2. The molecule has 1 heterocycles. The number of hydrogen-bond acceptors (Lipinski definition) is 2. The Morgan fingerprint density at radius 3 is 2.56 bits per heavy atom. The number of nitrogens with zero attached hydrogens (tertiary/aromatic N) is 1. The van der Waals surface area contributed by atoms with E-state index < -0.39 is 17.6 Å². The highest BCUT2D eigenvalue weighted by atomic mass is 19.1. The summed E-state index contributed by atoms with van der Waals surface area (Å²) in [6, 6.07) is 4.80. The van der Waals surface area contributed by atoms with E-state index in [1.165, 1.54) is 18.2 Å². The van der Waals surface area contributed by atoms with E-state index in [9.17, 15) is 13.6 Å². The molecule has 0 spiro atoms. The van der Waals surface area contributed by atoms with Crippen LogP contribution in [-0.4, -0.2) is 16.1 Å². The fourth-order valence-corrected chi connectivity index (χ4v) is 1.71. The smallest absolute Gasteiger partial charge is 0.338 e. The van der Waals surface area contributed by atoms with Crippen LogP contribution in [0, 0.1) is 18.6 Å². The van der Waals surface area contributed by atoms with Crippen molar-refractivity contribution in [3.63, 3.8) is 0 Å². The molecule has 0 aliphatic heterocycles. The number of carbonyl (C=O) groups is 1. The van der Waals surface area contributed by atoms with Crippen LogP contribution in [0.2, 0.25) is 0 Å². The Labute approximate surface area is 102 Å². The van der Waals surface area contributed by atoms with Gasteiger partial charge < -0.3 is 5.11 Å². The van der Waals surface area contributed by atoms with Crippen LogP contribution in [0.1, 0.15) is 15.9 Å². The first kappa shape index (κ1) is 12.2. The fraction of sp³-hybridized carbons (Fsp3) is 0.0769. The second kappa shape index (κ2) is 4.52. The van der Waals surface area contributed by atoms with Crippen molar-refractivity contribution in [1.82, 2.24) is 4.98 Å². The van der Waals surface area contributed by atoms with Gasteiger partial charge in [-0.15, -0.1) is 0 Å². The monoisotopic (exact) mass is 249 g/mol. The third kappa shape index (κ3) is 2.20. The normalized spacial score (nSPS) is 10.4. The van der Waals surface area contributed by atoms with Crippen molar-refractivity contribution in [3.8, 4) is 11.3 Å². The number of carboxylic acids is 1. The first-order valence-electron chi connectivity index (χ1n) is 5.14. The van der Waals surface area contributed by atoms with Gasteiger partial charge in [0, 0.05) is 5.56 Å². The van der Waals surface area contributed by atoms with Crippen molar-refractivity contribution in [2.45, 2.75) is 6.92 Å². The van der Waals surface area contributed by atoms with Crippen molar-refractivity contribution in [2.24, 2.45) is 0 Å². The third-order valence-electron chi connectivity index (χ3n) is 2.53. The molecule has 0 saturated carbocycles. The van der Waals surface area contributed by atoms with Crippen LogP contribution in [0.5, 0.6) is 0 Å². The zero-order chi connectivity index (χ0) is 13.3. The van der Waals surface area contributed by atoms with E-state index in [0.717, 1.165) is 12.3 Å². The summed E-state index contributed by atoms with van der Waals surface area (Å²) in [7, 11) is 0. The molecule has 0 atom stereocenters. The van der Waals surface area contributed by atoms with E-state index in [0.29, 0.717) is 11.1 Å². The lowest BCUT2D eigenvalue weighted by molar-refractivity contribution is 0.0697. The third-order valence-corrected chi connectivity index (χ3v) is 2.53. The summed E-state index contributed by atoms with van der Waals surface area (Å²) in [4.78, 5) is 14.8. The SMILES string of the molecule is Cc1cc(F)ccc1-c1ncc(F)cc1C(=O)O. The number of carboxylic acid groups (broad SMARTS) is 1. The fourth-order valence-electron chi connectivity index (χ4n) is 1.71. The standard InChI is InChI=1S/C13H9F2NO2/c1-7-4-8(14)2-3-10(7)12-11(13(17)18)5-9(15)6-16-12/h2-6H,1H3,(H,17,18). The minimum Gasteiger partial charge on any atom is -0.478 e. The lowest BCUT2D eigenvalue weighted by Crippen LogP contribution is -2.03. The van der Waals surface area contributed by atoms with E-state index in [1.807, 2.05) is 0 Å². The molecular weight excluding hydrogens is 240 g/mol. The molecule has 2 aromatic rings. The number of aromatic carboxylic acids is 1. The number of aromatic nitrogens is 1. The van der Waals surface area contributed by atoms with E-state index >= 15 is 0 Å². The Morgan fingerprint density at radius 2 is 1.94 bits per heavy atom. The van der Waals surface area contributed by atoms with Crippen molar-refractivity contribution < 1.29 is 18.7 Å². The molecule has 1 N–H and O–H groups in total. The molecule has 0 fully saturated rings. The van der Waals surface area contributed by atoms with Crippen LogP contribution in [-0.2, 0) is 0 Å². The Bertz CT molecular complexity index is 626. The van der Waals surface area contributed by atoms with Crippen LogP contribution in [0.25, 0.3) is 11.3 Å². The second-order valence-electron chi connectivity index (χ2n) is 3.81. The number of aryl methyl sites for hydroxylation is 1. The molecule has 2 rings (SSSR count). The Morgan fingerprint density at radius 1 is 1.22 bits per heavy atom. The highest BCUT2D eigenvalue weighted by molar-refractivity contribution is 5.95. The Kier molecular flexibility index (Phi) is 3.06. The molecule has 18 heavy (non-hydrogen) atoms. The molecule has 0 aliphatic carbocycles. The van der Waals surface area contributed by atoms with Crippen LogP contribution < -0.4 is 0 Å². The summed E-state index contributed by atoms with van der Waals surface area (Å²) in [6.07, 6.45) is 0.935. The minimum atomic E-state index is -1.28. The summed E-state index contributed by atoms with van der Waals surface area (Å²) in [5.41, 5.74) is 0.886. The van der Waals surface area contributed by atoms with Gasteiger partial charge in [-0.1, -0.05) is 0 Å². The van der Waals surface area contributed by atoms with Gasteiger partial charge in [-0.25, -0.2) is 13.6 Å². The molecule has 0 aliphatic rings. The van der Waals surface area contributed by atoms with Gasteiger partial charge >= 0.3 is 5.97 Å². The molecule has 92 valence electrons. The largest absolute Gasteiger partial charge is 0.478 e. The summed E-state index contributed by atoms with van der Waals surface area (Å²) in [5, 5.41) is 9.02. The molecule has 1 aromatic carbocycles. The molecular formula is C13H9F2NO2. The predicted molar refractivity (Wildman–Crippen MR) is 61.3 cm³/mol. The van der Waals surface area contributed by atoms with Crippen LogP contribution in [0.15, 0.2) is 30.5 Å².